The molecule has 144 valence electrons. The summed E-state index contributed by atoms with van der Waals surface area (Å²) < 4.78 is 1.62. The Labute approximate surface area is 167 Å². The molecule has 1 aromatic carbocycles. The number of carbonyl (C=O) groups excluding carboxylic acids is 1. The maximum absolute atomic E-state index is 12.7. The van der Waals surface area contributed by atoms with Crippen LogP contribution in [0.2, 0.25) is 0 Å². The zero-order chi connectivity index (χ0) is 20.1. The Morgan fingerprint density at radius 3 is 2.71 bits per heavy atom. The van der Waals surface area contributed by atoms with Crippen molar-refractivity contribution in [3.63, 3.8) is 0 Å². The van der Waals surface area contributed by atoms with Gasteiger partial charge in [-0.15, -0.1) is 11.3 Å². The lowest BCUT2D eigenvalue weighted by atomic mass is 9.92. The fourth-order valence-electron chi connectivity index (χ4n) is 3.26. The second-order valence-corrected chi connectivity index (χ2v) is 8.81. The van der Waals surface area contributed by atoms with Gasteiger partial charge in [0.1, 0.15) is 5.69 Å². The first-order valence-electron chi connectivity index (χ1n) is 9.13. The molecular weight excluding hydrogens is 370 g/mol. The summed E-state index contributed by atoms with van der Waals surface area (Å²) in [6.45, 7) is 8.27. The number of hydrogen-bond donors (Lipinski definition) is 2. The highest BCUT2D eigenvalue weighted by atomic mass is 32.1. The molecule has 0 saturated heterocycles. The molecule has 0 aliphatic carbocycles. The molecule has 0 saturated carbocycles. The van der Waals surface area contributed by atoms with E-state index >= 15 is 0 Å². The summed E-state index contributed by atoms with van der Waals surface area (Å²) in [5.74, 6) is -0.206. The quantitative estimate of drug-likeness (QED) is 0.521. The highest BCUT2D eigenvalue weighted by molar-refractivity contribution is 7.14. The third-order valence-corrected chi connectivity index (χ3v) is 5.51. The lowest BCUT2D eigenvalue weighted by molar-refractivity contribution is 0.101. The molecule has 6 nitrogen and oxygen atoms in total. The number of benzene rings is 1. The fourth-order valence-corrected chi connectivity index (χ4v) is 3.96. The molecule has 2 N–H and O–H groups in total. The van der Waals surface area contributed by atoms with Gasteiger partial charge in [-0.2, -0.15) is 5.10 Å². The molecule has 3 heterocycles. The molecule has 1 amide bonds. The minimum absolute atomic E-state index is 0.114. The first kappa shape index (κ1) is 18.4. The second kappa shape index (κ2) is 6.60. The van der Waals surface area contributed by atoms with Crippen molar-refractivity contribution in [2.75, 3.05) is 5.32 Å². The number of nitrogens with one attached hydrogen (secondary N) is 2. The smallest absolute Gasteiger partial charge is 0.275 e. The van der Waals surface area contributed by atoms with Crippen molar-refractivity contribution in [3.05, 3.63) is 52.8 Å². The average Bonchev–Trinajstić information content (AvgIpc) is 3.30. The molecule has 0 bridgehead atoms. The predicted octanol–water partition coefficient (Wildman–Crippen LogP) is 4.88. The van der Waals surface area contributed by atoms with Crippen LogP contribution in [0, 0.1) is 6.92 Å². The molecular formula is C21H23N5OS. The van der Waals surface area contributed by atoms with Crippen LogP contribution in [0.5, 0.6) is 0 Å². The SMILES string of the molecule is Cc1[nH]c2ccccc2c1-c1csc(NC(=O)c2cc(C(C)(C)C)nn2C)n1. The Bertz CT molecular complexity index is 1180. The predicted molar refractivity (Wildman–Crippen MR) is 114 cm³/mol. The molecule has 0 fully saturated rings. The maximum atomic E-state index is 12.7. The molecule has 28 heavy (non-hydrogen) atoms. The van der Waals surface area contributed by atoms with Crippen LogP contribution in [0.3, 0.4) is 0 Å². The fraction of sp³-hybridized carbons (Fsp3) is 0.286. The van der Waals surface area contributed by atoms with Gasteiger partial charge in [0.15, 0.2) is 5.13 Å². The van der Waals surface area contributed by atoms with E-state index in [9.17, 15) is 4.79 Å². The van der Waals surface area contributed by atoms with Gasteiger partial charge in [-0.25, -0.2) is 4.98 Å². The van der Waals surface area contributed by atoms with Crippen molar-refractivity contribution in [3.8, 4) is 11.3 Å². The minimum Gasteiger partial charge on any atom is -0.358 e. The second-order valence-electron chi connectivity index (χ2n) is 7.95. The Hall–Kier alpha value is -2.93. The van der Waals surface area contributed by atoms with Crippen LogP contribution in [-0.2, 0) is 12.5 Å². The summed E-state index contributed by atoms with van der Waals surface area (Å²) in [7, 11) is 1.78. The third kappa shape index (κ3) is 3.22. The number of hydrogen-bond acceptors (Lipinski definition) is 4. The highest BCUT2D eigenvalue weighted by Gasteiger charge is 2.22. The third-order valence-electron chi connectivity index (χ3n) is 4.76. The van der Waals surface area contributed by atoms with Gasteiger partial charge >= 0.3 is 0 Å². The minimum atomic E-state index is -0.206. The van der Waals surface area contributed by atoms with Gasteiger partial charge in [-0.3, -0.25) is 14.8 Å². The standard InChI is InChI=1S/C21H23N5OS/c1-12-18(13-8-6-7-9-14(13)22-12)15-11-28-20(23-15)24-19(27)16-10-17(21(2,3)4)25-26(16)5/h6-11,22H,1-5H3,(H,23,24,27). The zero-order valence-corrected chi connectivity index (χ0v) is 17.4. The van der Waals surface area contributed by atoms with Crippen LogP contribution in [0.4, 0.5) is 5.13 Å². The van der Waals surface area contributed by atoms with Crippen LogP contribution in [0.1, 0.15) is 42.6 Å². The van der Waals surface area contributed by atoms with Gasteiger partial charge in [0, 0.05) is 40.0 Å². The van der Waals surface area contributed by atoms with Crippen molar-refractivity contribution in [1.82, 2.24) is 19.7 Å². The lowest BCUT2D eigenvalue weighted by Gasteiger charge is -2.13. The van der Waals surface area contributed by atoms with Gasteiger partial charge in [0.05, 0.1) is 11.4 Å². The molecule has 4 rings (SSSR count). The molecule has 7 heteroatoms. The summed E-state index contributed by atoms with van der Waals surface area (Å²) in [6, 6.07) is 10.00. The van der Waals surface area contributed by atoms with Crippen molar-refractivity contribution >= 4 is 33.3 Å². The van der Waals surface area contributed by atoms with E-state index in [0.717, 1.165) is 33.5 Å². The Balaban J connectivity index is 1.61. The number of amides is 1. The molecule has 0 radical (unpaired) electrons. The topological polar surface area (TPSA) is 75.6 Å². The van der Waals surface area contributed by atoms with Crippen molar-refractivity contribution in [1.29, 1.82) is 0 Å². The largest absolute Gasteiger partial charge is 0.358 e. The van der Waals surface area contributed by atoms with E-state index in [1.807, 2.05) is 30.5 Å². The number of rotatable bonds is 3. The number of H-pyrrole nitrogens is 1. The number of fused-ring (bicyclic) bond motifs is 1. The lowest BCUT2D eigenvalue weighted by Crippen LogP contribution is -2.15. The number of thiazole rings is 1. The van der Waals surface area contributed by atoms with E-state index in [1.165, 1.54) is 11.3 Å². The van der Waals surface area contributed by atoms with Crippen molar-refractivity contribution < 1.29 is 4.79 Å². The van der Waals surface area contributed by atoms with Crippen molar-refractivity contribution in [2.45, 2.75) is 33.1 Å². The Morgan fingerprint density at radius 2 is 2.00 bits per heavy atom. The molecule has 0 unspecified atom stereocenters. The van der Waals surface area contributed by atoms with E-state index in [2.05, 4.69) is 53.3 Å². The number of carbonyl (C=O) groups is 1. The molecule has 0 atom stereocenters. The summed E-state index contributed by atoms with van der Waals surface area (Å²) in [5.41, 5.74) is 5.36. The number of anilines is 1. The Kier molecular flexibility index (Phi) is 4.34. The summed E-state index contributed by atoms with van der Waals surface area (Å²) in [4.78, 5) is 20.8. The van der Waals surface area contributed by atoms with Gasteiger partial charge in [-0.05, 0) is 19.1 Å². The van der Waals surface area contributed by atoms with Gasteiger partial charge < -0.3 is 4.98 Å². The van der Waals surface area contributed by atoms with Crippen LogP contribution < -0.4 is 5.32 Å². The van der Waals surface area contributed by atoms with E-state index in [0.29, 0.717) is 10.8 Å². The van der Waals surface area contributed by atoms with Crippen molar-refractivity contribution in [2.24, 2.45) is 7.05 Å². The normalized spacial score (nSPS) is 11.9. The van der Waals surface area contributed by atoms with Gasteiger partial charge in [0.2, 0.25) is 0 Å². The monoisotopic (exact) mass is 393 g/mol. The maximum Gasteiger partial charge on any atom is 0.275 e. The summed E-state index contributed by atoms with van der Waals surface area (Å²) in [6.07, 6.45) is 0. The van der Waals surface area contributed by atoms with Crippen LogP contribution >= 0.6 is 11.3 Å². The first-order chi connectivity index (χ1) is 13.2. The van der Waals surface area contributed by atoms with E-state index in [1.54, 1.807) is 11.7 Å². The zero-order valence-electron chi connectivity index (χ0n) is 16.6. The van der Waals surface area contributed by atoms with Gasteiger partial charge in [0.25, 0.3) is 5.91 Å². The Morgan fingerprint density at radius 1 is 1.25 bits per heavy atom. The number of nitrogens with zero attached hydrogens (tertiary/aromatic N) is 3. The number of aromatic nitrogens is 4. The van der Waals surface area contributed by atoms with E-state index in [4.69, 9.17) is 0 Å². The molecule has 0 spiro atoms. The average molecular weight is 394 g/mol. The first-order valence-corrected chi connectivity index (χ1v) is 10.0. The number of aromatic amines is 1. The van der Waals surface area contributed by atoms with Crippen LogP contribution in [-0.4, -0.2) is 25.7 Å². The molecule has 4 aromatic rings. The summed E-state index contributed by atoms with van der Waals surface area (Å²) >= 11 is 1.42. The van der Waals surface area contributed by atoms with Crippen LogP contribution in [0.25, 0.3) is 22.2 Å². The number of para-hydroxylation sites is 1. The summed E-state index contributed by atoms with van der Waals surface area (Å²) in [5, 5.41) is 11.1. The van der Waals surface area contributed by atoms with Gasteiger partial charge in [-0.1, -0.05) is 39.0 Å². The molecule has 3 aromatic heterocycles. The number of aryl methyl sites for hydroxylation is 2. The van der Waals surface area contributed by atoms with E-state index in [-0.39, 0.29) is 11.3 Å². The van der Waals surface area contributed by atoms with Crippen LogP contribution in [0.15, 0.2) is 35.7 Å². The molecule has 0 aliphatic rings. The highest BCUT2D eigenvalue weighted by Crippen LogP contribution is 2.34. The van der Waals surface area contributed by atoms with E-state index < -0.39 is 0 Å². The molecule has 0 aliphatic heterocycles.